The number of amides is 1. The summed E-state index contributed by atoms with van der Waals surface area (Å²) in [6, 6.07) is 15.5. The van der Waals surface area contributed by atoms with Crippen LogP contribution >= 0.6 is 0 Å². The predicted molar refractivity (Wildman–Crippen MR) is 125 cm³/mol. The van der Waals surface area contributed by atoms with E-state index in [-0.39, 0.29) is 11.8 Å². The molecule has 1 aliphatic heterocycles. The van der Waals surface area contributed by atoms with E-state index in [1.807, 2.05) is 48.5 Å². The van der Waals surface area contributed by atoms with Gasteiger partial charge in [-0.3, -0.25) is 4.79 Å². The van der Waals surface area contributed by atoms with Crippen molar-refractivity contribution in [1.82, 2.24) is 15.3 Å². The quantitative estimate of drug-likeness (QED) is 0.578. The van der Waals surface area contributed by atoms with E-state index >= 15 is 0 Å². The van der Waals surface area contributed by atoms with Gasteiger partial charge >= 0.3 is 0 Å². The lowest BCUT2D eigenvalue weighted by molar-refractivity contribution is -0.125. The van der Waals surface area contributed by atoms with E-state index in [0.717, 1.165) is 54.0 Å². The first-order valence-electron chi connectivity index (χ1n) is 11.2. The molecule has 1 amide bonds. The molecule has 32 heavy (non-hydrogen) atoms. The zero-order chi connectivity index (χ0) is 22.3. The molecule has 7 heteroatoms. The van der Waals surface area contributed by atoms with Gasteiger partial charge in [-0.25, -0.2) is 9.97 Å². The van der Waals surface area contributed by atoms with E-state index in [1.54, 1.807) is 7.11 Å². The number of anilines is 1. The molecule has 1 saturated heterocycles. The van der Waals surface area contributed by atoms with Crippen LogP contribution in [0.4, 0.5) is 5.82 Å². The van der Waals surface area contributed by atoms with E-state index < -0.39 is 0 Å². The normalized spacial score (nSPS) is 16.1. The fraction of sp³-hybridized carbons (Fsp3) is 0.400. The molecule has 1 aromatic heterocycles. The lowest BCUT2D eigenvalue weighted by Gasteiger charge is -2.33. The van der Waals surface area contributed by atoms with Crippen LogP contribution in [0.5, 0.6) is 11.6 Å². The number of methoxy groups -OCH3 is 1. The number of fused-ring (bicyclic) bond motifs is 1. The Labute approximate surface area is 188 Å². The summed E-state index contributed by atoms with van der Waals surface area (Å²) in [5, 5.41) is 3.08. The number of nitrogens with one attached hydrogen (secondary N) is 1. The van der Waals surface area contributed by atoms with Crippen LogP contribution in [-0.2, 0) is 11.3 Å². The van der Waals surface area contributed by atoms with Crippen molar-refractivity contribution in [3.05, 3.63) is 54.1 Å². The number of ether oxygens (including phenoxy) is 2. The summed E-state index contributed by atoms with van der Waals surface area (Å²) in [6.07, 6.45) is 2.67. The molecule has 1 unspecified atom stereocenters. The second-order valence-corrected chi connectivity index (χ2v) is 8.04. The number of nitrogens with zero attached hydrogens (tertiary/aromatic N) is 3. The summed E-state index contributed by atoms with van der Waals surface area (Å²) < 4.78 is 11.1. The molecule has 0 spiro atoms. The van der Waals surface area contributed by atoms with Crippen molar-refractivity contribution in [2.24, 2.45) is 5.92 Å². The summed E-state index contributed by atoms with van der Waals surface area (Å²) in [5.74, 6) is 2.04. The Balaban J connectivity index is 1.46. The van der Waals surface area contributed by atoms with Gasteiger partial charge in [-0.2, -0.15) is 0 Å². The van der Waals surface area contributed by atoms with Gasteiger partial charge in [0.1, 0.15) is 5.75 Å². The first-order chi connectivity index (χ1) is 15.7. The number of benzene rings is 2. The third-order valence-electron chi connectivity index (χ3n) is 5.68. The van der Waals surface area contributed by atoms with Crippen LogP contribution in [-0.4, -0.2) is 42.7 Å². The minimum Gasteiger partial charge on any atom is -0.497 e. The maximum Gasteiger partial charge on any atom is 0.258 e. The predicted octanol–water partition coefficient (Wildman–Crippen LogP) is 3.96. The Kier molecular flexibility index (Phi) is 7.04. The van der Waals surface area contributed by atoms with Crippen LogP contribution in [0.3, 0.4) is 0 Å². The highest BCUT2D eigenvalue weighted by atomic mass is 16.5. The summed E-state index contributed by atoms with van der Waals surface area (Å²) in [7, 11) is 1.64. The minimum atomic E-state index is -0.103. The number of rotatable bonds is 8. The Bertz CT molecular complexity index is 1050. The highest BCUT2D eigenvalue weighted by molar-refractivity contribution is 5.80. The molecule has 1 aliphatic rings. The lowest BCUT2D eigenvalue weighted by Crippen LogP contribution is -2.43. The number of aromatic nitrogens is 2. The average Bonchev–Trinajstić information content (AvgIpc) is 2.85. The van der Waals surface area contributed by atoms with E-state index in [0.29, 0.717) is 25.6 Å². The van der Waals surface area contributed by atoms with Gasteiger partial charge < -0.3 is 19.7 Å². The van der Waals surface area contributed by atoms with Gasteiger partial charge in [-0.05, 0) is 49.1 Å². The maximum absolute atomic E-state index is 12.9. The highest BCUT2D eigenvalue weighted by Gasteiger charge is 2.28. The number of piperidine rings is 1. The molecule has 1 atom stereocenters. The third kappa shape index (κ3) is 5.10. The Hall–Kier alpha value is -3.35. The van der Waals surface area contributed by atoms with Gasteiger partial charge in [-0.15, -0.1) is 0 Å². The molecule has 0 aliphatic carbocycles. The van der Waals surface area contributed by atoms with Crippen molar-refractivity contribution < 1.29 is 14.3 Å². The second-order valence-electron chi connectivity index (χ2n) is 8.04. The first-order valence-corrected chi connectivity index (χ1v) is 11.2. The van der Waals surface area contributed by atoms with Crippen molar-refractivity contribution >= 4 is 22.8 Å². The van der Waals surface area contributed by atoms with Gasteiger partial charge in [-0.1, -0.05) is 31.2 Å². The largest absolute Gasteiger partial charge is 0.497 e. The van der Waals surface area contributed by atoms with Crippen LogP contribution in [0, 0.1) is 5.92 Å². The van der Waals surface area contributed by atoms with Crippen LogP contribution in [0.1, 0.15) is 31.7 Å². The summed E-state index contributed by atoms with van der Waals surface area (Å²) in [4.78, 5) is 24.6. The molecule has 0 radical (unpaired) electrons. The SMILES string of the molecule is CCCOc1nc2ccccc2nc1N1CCCC(C(=O)NCc2ccc(OC)cc2)C1. The molecule has 7 nitrogen and oxygen atoms in total. The molecule has 1 fully saturated rings. The van der Waals surface area contributed by atoms with Gasteiger partial charge in [0.05, 0.1) is 30.7 Å². The molecule has 3 aromatic rings. The van der Waals surface area contributed by atoms with Crippen LogP contribution in [0.25, 0.3) is 11.0 Å². The van der Waals surface area contributed by atoms with Gasteiger partial charge in [0.25, 0.3) is 5.88 Å². The van der Waals surface area contributed by atoms with Gasteiger partial charge in [0.15, 0.2) is 5.82 Å². The number of para-hydroxylation sites is 2. The van der Waals surface area contributed by atoms with Crippen molar-refractivity contribution in [2.75, 3.05) is 31.7 Å². The third-order valence-corrected chi connectivity index (χ3v) is 5.68. The highest BCUT2D eigenvalue weighted by Crippen LogP contribution is 2.31. The topological polar surface area (TPSA) is 76.6 Å². The first kappa shape index (κ1) is 21.9. The number of hydrogen-bond donors (Lipinski definition) is 1. The van der Waals surface area contributed by atoms with Crippen molar-refractivity contribution in [3.8, 4) is 11.6 Å². The van der Waals surface area contributed by atoms with E-state index in [2.05, 4.69) is 17.1 Å². The summed E-state index contributed by atoms with van der Waals surface area (Å²) in [5.41, 5.74) is 2.69. The molecule has 0 saturated carbocycles. The smallest absolute Gasteiger partial charge is 0.258 e. The monoisotopic (exact) mass is 434 g/mol. The van der Waals surface area contributed by atoms with Crippen molar-refractivity contribution in [1.29, 1.82) is 0 Å². The fourth-order valence-corrected chi connectivity index (χ4v) is 3.94. The van der Waals surface area contributed by atoms with Crippen LogP contribution in [0.15, 0.2) is 48.5 Å². The van der Waals surface area contributed by atoms with Crippen LogP contribution < -0.4 is 19.7 Å². The zero-order valence-corrected chi connectivity index (χ0v) is 18.7. The van der Waals surface area contributed by atoms with E-state index in [4.69, 9.17) is 19.4 Å². The Morgan fingerprint density at radius 1 is 1.12 bits per heavy atom. The van der Waals surface area contributed by atoms with Gasteiger partial charge in [0.2, 0.25) is 5.91 Å². The van der Waals surface area contributed by atoms with Gasteiger partial charge in [0, 0.05) is 19.6 Å². The Morgan fingerprint density at radius 3 is 2.59 bits per heavy atom. The van der Waals surface area contributed by atoms with E-state index in [9.17, 15) is 4.79 Å². The number of carbonyl (C=O) groups is 1. The molecule has 1 N–H and O–H groups in total. The Morgan fingerprint density at radius 2 is 1.88 bits per heavy atom. The molecular weight excluding hydrogens is 404 g/mol. The van der Waals surface area contributed by atoms with Crippen LogP contribution in [0.2, 0.25) is 0 Å². The molecule has 2 heterocycles. The zero-order valence-electron chi connectivity index (χ0n) is 18.7. The minimum absolute atomic E-state index is 0.0651. The fourth-order valence-electron chi connectivity index (χ4n) is 3.94. The van der Waals surface area contributed by atoms with Crippen molar-refractivity contribution in [2.45, 2.75) is 32.7 Å². The molecule has 2 aromatic carbocycles. The molecule has 4 rings (SSSR count). The number of carbonyl (C=O) groups excluding carboxylic acids is 1. The van der Waals surface area contributed by atoms with Crippen molar-refractivity contribution in [3.63, 3.8) is 0 Å². The molecular formula is C25H30N4O3. The lowest BCUT2D eigenvalue weighted by atomic mass is 9.97. The summed E-state index contributed by atoms with van der Waals surface area (Å²) >= 11 is 0. The maximum atomic E-state index is 12.9. The molecule has 168 valence electrons. The number of hydrogen-bond acceptors (Lipinski definition) is 6. The summed E-state index contributed by atoms with van der Waals surface area (Å²) in [6.45, 7) is 4.58. The standard InChI is InChI=1S/C25H30N4O3/c1-3-15-32-25-23(27-21-8-4-5-9-22(21)28-25)29-14-6-7-19(17-29)24(30)26-16-18-10-12-20(31-2)13-11-18/h4-5,8-13,19H,3,6-7,14-17H2,1-2H3,(H,26,30). The second kappa shape index (κ2) is 10.3. The van der Waals surface area contributed by atoms with E-state index in [1.165, 1.54) is 0 Å². The molecule has 0 bridgehead atoms. The average molecular weight is 435 g/mol.